The fourth-order valence-corrected chi connectivity index (χ4v) is 9.96. The summed E-state index contributed by atoms with van der Waals surface area (Å²) in [4.78, 5) is 41.0. The van der Waals surface area contributed by atoms with E-state index < -0.39 is 64.1 Å². The van der Waals surface area contributed by atoms with Crippen molar-refractivity contribution in [3.8, 4) is 0 Å². The molecule has 0 aliphatic rings. The van der Waals surface area contributed by atoms with Gasteiger partial charge >= 0.3 is 12.1 Å². The number of aliphatic hydroxyl groups is 1. The topological polar surface area (TPSA) is 120 Å². The summed E-state index contributed by atoms with van der Waals surface area (Å²) in [6.45, 7) is 37.4. The summed E-state index contributed by atoms with van der Waals surface area (Å²) in [5.41, 5.74) is -0.668. The van der Waals surface area contributed by atoms with Crippen LogP contribution in [0.2, 0.25) is 36.3 Å². The Morgan fingerprint density at radius 1 is 0.796 bits per heavy atom. The van der Waals surface area contributed by atoms with Gasteiger partial charge in [0.2, 0.25) is 0 Å². The number of carbonyl (C=O) groups is 3. The van der Waals surface area contributed by atoms with E-state index in [1.165, 1.54) is 0 Å². The summed E-state index contributed by atoms with van der Waals surface area (Å²) in [6, 6.07) is 1.73. The third kappa shape index (κ3) is 13.8. The number of hydrogen-bond donors (Lipinski definition) is 2. The fourth-order valence-electron chi connectivity index (χ4n) is 5.64. The van der Waals surface area contributed by atoms with Crippen LogP contribution in [0.15, 0.2) is 11.1 Å². The Morgan fingerprint density at radius 3 is 1.67 bits per heavy atom. The van der Waals surface area contributed by atoms with E-state index in [0.29, 0.717) is 24.0 Å². The van der Waals surface area contributed by atoms with Gasteiger partial charge in [-0.2, -0.15) is 0 Å². The second-order valence-corrected chi connectivity index (χ2v) is 26.9. The van der Waals surface area contributed by atoms with Gasteiger partial charge in [-0.05, 0) is 108 Å². The van der Waals surface area contributed by atoms with Crippen molar-refractivity contribution >= 4 is 34.5 Å². The maximum atomic E-state index is 14.1. The molecule has 0 saturated carbocycles. The van der Waals surface area contributed by atoms with E-state index in [4.69, 9.17) is 18.3 Å². The quantitative estimate of drug-likeness (QED) is 0.0767. The number of esters is 1. The first-order valence-corrected chi connectivity index (χ1v) is 23.9. The zero-order valence-corrected chi connectivity index (χ0v) is 36.8. The molecule has 288 valence electrons. The smallest absolute Gasteiger partial charge is 0.407 e. The second kappa shape index (κ2) is 18.8. The van der Waals surface area contributed by atoms with Crippen LogP contribution in [-0.4, -0.2) is 75.6 Å². The van der Waals surface area contributed by atoms with Gasteiger partial charge in [0.25, 0.3) is 0 Å². The molecular formula is C38H75NO8Si2. The minimum absolute atomic E-state index is 0.0322. The normalized spacial score (nSPS) is 17.1. The maximum absolute atomic E-state index is 14.1. The molecular weight excluding hydrogens is 655 g/mol. The lowest BCUT2D eigenvalue weighted by Crippen LogP contribution is -2.55. The summed E-state index contributed by atoms with van der Waals surface area (Å²) in [6.07, 6.45) is -3.11. The van der Waals surface area contributed by atoms with Crippen LogP contribution in [0.25, 0.3) is 0 Å². The molecule has 49 heavy (non-hydrogen) atoms. The molecule has 1 amide bonds. The molecule has 11 heteroatoms. The zero-order chi connectivity index (χ0) is 38.9. The van der Waals surface area contributed by atoms with Gasteiger partial charge in [0, 0.05) is 0 Å². The minimum atomic E-state index is -2.35. The number of aliphatic hydroxyl groups excluding tert-OH is 1. The summed E-state index contributed by atoms with van der Waals surface area (Å²) < 4.78 is 25.1. The molecule has 9 nitrogen and oxygen atoms in total. The van der Waals surface area contributed by atoms with Crippen LogP contribution >= 0.6 is 0 Å². The van der Waals surface area contributed by atoms with Crippen LogP contribution in [-0.2, 0) is 27.9 Å². The molecule has 1 unspecified atom stereocenters. The molecule has 0 rings (SSSR count). The van der Waals surface area contributed by atoms with Crippen LogP contribution in [0, 0.1) is 11.3 Å². The third-order valence-electron chi connectivity index (χ3n) is 10.6. The summed E-state index contributed by atoms with van der Waals surface area (Å²) in [5.74, 6) is -0.792. The average Bonchev–Trinajstić information content (AvgIpc) is 2.96. The largest absolute Gasteiger partial charge is 0.456 e. The summed E-state index contributed by atoms with van der Waals surface area (Å²) >= 11 is 0. The highest BCUT2D eigenvalue weighted by Gasteiger charge is 2.47. The Balaban J connectivity index is 6.55. The highest BCUT2D eigenvalue weighted by molar-refractivity contribution is 6.74. The molecule has 0 spiro atoms. The van der Waals surface area contributed by atoms with Gasteiger partial charge in [0.1, 0.15) is 17.8 Å². The number of Topliss-reactive ketones (excluding diaryl/α,β-unsaturated/α-hetero) is 1. The SMILES string of the molecule is CC[C@H](O[Si](C)(C)C(C)(C)C)C(C)(C)C(=O)[C@H](O)/C(C)=C(\C)[C@H](C)OC(=O)C(O[Si](CC)(CC)CC)[C@H](CC(C)C)NC(=O)OC(C)(C)C. The minimum Gasteiger partial charge on any atom is -0.456 e. The van der Waals surface area contributed by atoms with Gasteiger partial charge < -0.3 is 28.7 Å². The second-order valence-electron chi connectivity index (χ2n) is 17.4. The van der Waals surface area contributed by atoms with E-state index in [0.717, 1.165) is 18.1 Å². The first-order valence-electron chi connectivity index (χ1n) is 18.5. The molecule has 0 aromatic rings. The molecule has 0 fully saturated rings. The average molecular weight is 730 g/mol. The van der Waals surface area contributed by atoms with E-state index >= 15 is 0 Å². The van der Waals surface area contributed by atoms with Crippen LogP contribution in [0.5, 0.6) is 0 Å². The predicted octanol–water partition coefficient (Wildman–Crippen LogP) is 9.34. The predicted molar refractivity (Wildman–Crippen MR) is 206 cm³/mol. The molecule has 5 atom stereocenters. The van der Waals surface area contributed by atoms with Gasteiger partial charge in [0.15, 0.2) is 28.5 Å². The number of rotatable bonds is 19. The van der Waals surface area contributed by atoms with Crippen molar-refractivity contribution < 1.29 is 37.8 Å². The Hall–Kier alpha value is -1.54. The number of hydrogen-bond acceptors (Lipinski definition) is 8. The Bertz CT molecular complexity index is 1110. The van der Waals surface area contributed by atoms with Crippen LogP contribution in [0.1, 0.15) is 131 Å². The highest BCUT2D eigenvalue weighted by atomic mass is 28.4. The number of amides is 1. The monoisotopic (exact) mass is 730 g/mol. The lowest BCUT2D eigenvalue weighted by Gasteiger charge is -2.44. The van der Waals surface area contributed by atoms with Crippen molar-refractivity contribution in [1.82, 2.24) is 5.32 Å². The van der Waals surface area contributed by atoms with E-state index in [9.17, 15) is 19.5 Å². The lowest BCUT2D eigenvalue weighted by molar-refractivity contribution is -0.157. The molecule has 0 aromatic carbocycles. The Labute approximate surface area is 302 Å². The van der Waals surface area contributed by atoms with Gasteiger partial charge in [-0.25, -0.2) is 9.59 Å². The Kier molecular flexibility index (Phi) is 18.2. The third-order valence-corrected chi connectivity index (χ3v) is 19.7. The molecule has 0 aliphatic heterocycles. The first kappa shape index (κ1) is 47.5. The standard InChI is InChI=1S/C38H75NO8Si2/c1-20-30(46-48(18,19)37(13,14)15)38(16,17)33(41)31(40)27(8)26(7)28(9)44-34(42)32(47-49(21-2,22-3)23-4)29(24-25(5)6)39-35(43)45-36(10,11)12/h25,28-32,40H,20-24H2,1-19H3,(H,39,43)/b27-26+/t28-,29-,30-,31+,32?/m0/s1. The molecule has 2 N–H and O–H groups in total. The van der Waals surface area contributed by atoms with Gasteiger partial charge in [-0.3, -0.25) is 4.79 Å². The number of carbonyl (C=O) groups excluding carboxylic acids is 3. The van der Waals surface area contributed by atoms with Crippen LogP contribution < -0.4 is 5.32 Å². The number of nitrogens with one attached hydrogen (secondary N) is 1. The van der Waals surface area contributed by atoms with Crippen LogP contribution in [0.4, 0.5) is 4.79 Å². The number of alkyl carbamates (subject to hydrolysis) is 1. The maximum Gasteiger partial charge on any atom is 0.407 e. The van der Waals surface area contributed by atoms with Crippen molar-refractivity contribution in [2.45, 2.75) is 203 Å². The molecule has 0 radical (unpaired) electrons. The van der Waals surface area contributed by atoms with Crippen LogP contribution in [0.3, 0.4) is 0 Å². The first-order chi connectivity index (χ1) is 22.1. The van der Waals surface area contributed by atoms with Gasteiger partial charge in [-0.1, -0.05) is 76.2 Å². The number of ether oxygens (including phenoxy) is 2. The van der Waals surface area contributed by atoms with Gasteiger partial charge in [0.05, 0.1) is 17.6 Å². The molecule has 0 saturated heterocycles. The molecule has 0 aliphatic carbocycles. The van der Waals surface area contributed by atoms with Crippen molar-refractivity contribution in [2.75, 3.05) is 0 Å². The molecule has 0 aromatic heterocycles. The van der Waals surface area contributed by atoms with Crippen molar-refractivity contribution in [3.05, 3.63) is 11.1 Å². The zero-order valence-electron chi connectivity index (χ0n) is 34.8. The summed E-state index contributed by atoms with van der Waals surface area (Å²) in [5, 5.41) is 14.3. The Morgan fingerprint density at radius 2 is 1.29 bits per heavy atom. The highest BCUT2D eigenvalue weighted by Crippen LogP contribution is 2.41. The van der Waals surface area contributed by atoms with Gasteiger partial charge in [-0.15, -0.1) is 0 Å². The molecule has 0 heterocycles. The van der Waals surface area contributed by atoms with E-state index in [2.05, 4.69) is 60.0 Å². The number of ketones is 1. The van der Waals surface area contributed by atoms with E-state index in [1.54, 1.807) is 41.5 Å². The fraction of sp³-hybridized carbons (Fsp3) is 0.868. The van der Waals surface area contributed by atoms with E-state index in [-0.39, 0.29) is 22.8 Å². The summed E-state index contributed by atoms with van der Waals surface area (Å²) in [7, 11) is -4.54. The van der Waals surface area contributed by atoms with Crippen molar-refractivity contribution in [1.29, 1.82) is 0 Å². The lowest BCUT2D eigenvalue weighted by atomic mass is 9.77. The van der Waals surface area contributed by atoms with E-state index in [1.807, 2.05) is 34.6 Å². The van der Waals surface area contributed by atoms with Crippen molar-refractivity contribution in [3.63, 3.8) is 0 Å². The van der Waals surface area contributed by atoms with Crippen molar-refractivity contribution in [2.24, 2.45) is 11.3 Å². The molecule has 0 bridgehead atoms.